The van der Waals surface area contributed by atoms with Gasteiger partial charge in [-0.15, -0.1) is 13.2 Å². The molecule has 0 bridgehead atoms. The summed E-state index contributed by atoms with van der Waals surface area (Å²) in [7, 11) is 0. The second-order valence-electron chi connectivity index (χ2n) is 6.75. The highest BCUT2D eigenvalue weighted by Crippen LogP contribution is 2.37. The van der Waals surface area contributed by atoms with E-state index in [1.807, 2.05) is 0 Å². The monoisotopic (exact) mass is 391 g/mol. The third kappa shape index (κ3) is 4.05. The van der Waals surface area contributed by atoms with Crippen LogP contribution in [0.4, 0.5) is 13.2 Å². The van der Waals surface area contributed by atoms with Crippen LogP contribution in [0.1, 0.15) is 23.3 Å². The summed E-state index contributed by atoms with van der Waals surface area (Å²) in [5, 5.41) is 9.87. The summed E-state index contributed by atoms with van der Waals surface area (Å²) >= 11 is 0. The molecule has 0 radical (unpaired) electrons. The van der Waals surface area contributed by atoms with E-state index in [0.29, 0.717) is 40.3 Å². The topological polar surface area (TPSA) is 71.6 Å². The number of benzene rings is 2. The van der Waals surface area contributed by atoms with E-state index in [9.17, 15) is 23.1 Å². The van der Waals surface area contributed by atoms with Gasteiger partial charge in [0.2, 0.25) is 0 Å². The van der Waals surface area contributed by atoms with Gasteiger partial charge >= 0.3 is 12.3 Å². The summed E-state index contributed by atoms with van der Waals surface area (Å²) in [5.41, 5.74) is 1.94. The Labute approximate surface area is 157 Å². The van der Waals surface area contributed by atoms with Crippen molar-refractivity contribution in [2.24, 2.45) is 5.92 Å². The smallest absolute Gasteiger partial charge is 0.493 e. The molecule has 28 heavy (non-hydrogen) atoms. The van der Waals surface area contributed by atoms with Gasteiger partial charge in [0.05, 0.1) is 6.61 Å². The predicted molar refractivity (Wildman–Crippen MR) is 95.6 cm³/mol. The van der Waals surface area contributed by atoms with E-state index in [1.165, 1.54) is 30.3 Å². The van der Waals surface area contributed by atoms with Crippen LogP contribution >= 0.6 is 0 Å². The third-order valence-corrected chi connectivity index (χ3v) is 4.52. The Hall–Kier alpha value is -3.16. The Kier molecular flexibility index (Phi) is 4.41. The largest absolute Gasteiger partial charge is 0.573 e. The lowest BCUT2D eigenvalue weighted by Gasteiger charge is -2.13. The second-order valence-corrected chi connectivity index (χ2v) is 6.75. The number of alkyl halides is 3. The Morgan fingerprint density at radius 2 is 1.86 bits per heavy atom. The first-order valence-electron chi connectivity index (χ1n) is 8.67. The molecule has 2 aromatic carbocycles. The number of fused-ring (bicyclic) bond motifs is 1. The van der Waals surface area contributed by atoms with E-state index in [0.717, 1.165) is 12.8 Å². The second kappa shape index (κ2) is 6.78. The maximum absolute atomic E-state index is 12.4. The fraction of sp³-hybridized carbons (Fsp3) is 0.250. The Bertz CT molecular complexity index is 1020. The van der Waals surface area contributed by atoms with Gasteiger partial charge in [-0.2, -0.15) is 0 Å². The number of hydrogen-bond acceptors (Lipinski definition) is 3. The van der Waals surface area contributed by atoms with E-state index in [-0.39, 0.29) is 11.4 Å². The van der Waals surface area contributed by atoms with Crippen molar-refractivity contribution >= 4 is 16.9 Å². The van der Waals surface area contributed by atoms with Gasteiger partial charge in [0, 0.05) is 16.5 Å². The Morgan fingerprint density at radius 3 is 2.46 bits per heavy atom. The van der Waals surface area contributed by atoms with E-state index < -0.39 is 12.3 Å². The lowest BCUT2D eigenvalue weighted by molar-refractivity contribution is -0.274. The average molecular weight is 391 g/mol. The minimum atomic E-state index is -4.75. The van der Waals surface area contributed by atoms with Gasteiger partial charge in [-0.1, -0.05) is 12.1 Å². The molecule has 1 aromatic heterocycles. The molecule has 1 heterocycles. The van der Waals surface area contributed by atoms with Gasteiger partial charge < -0.3 is 19.6 Å². The van der Waals surface area contributed by atoms with Crippen LogP contribution in [0.2, 0.25) is 0 Å². The quantitative estimate of drug-likeness (QED) is 0.604. The number of halogens is 3. The lowest BCUT2D eigenvalue weighted by Crippen LogP contribution is -2.16. The molecule has 146 valence electrons. The number of aromatic nitrogens is 1. The van der Waals surface area contributed by atoms with Crippen LogP contribution in [-0.2, 0) is 0 Å². The third-order valence-electron chi connectivity index (χ3n) is 4.52. The van der Waals surface area contributed by atoms with Crippen LogP contribution in [0.25, 0.3) is 22.0 Å². The summed E-state index contributed by atoms with van der Waals surface area (Å²) in [6.07, 6.45) is -2.54. The van der Waals surface area contributed by atoms with Gasteiger partial charge in [-0.05, 0) is 54.7 Å². The highest BCUT2D eigenvalue weighted by atomic mass is 19.4. The Balaban J connectivity index is 1.72. The number of ether oxygens (including phenoxy) is 2. The first-order valence-corrected chi connectivity index (χ1v) is 8.67. The molecular weight excluding hydrogens is 375 g/mol. The highest BCUT2D eigenvalue weighted by Gasteiger charge is 2.31. The molecule has 3 aromatic rings. The standard InChI is InChI=1S/C20H16F3NO4/c21-20(22,23)28-14-5-3-12(4-6-14)15-9-16-13(7-17(24-16)19(25)26)8-18(15)27-10-11-1-2-11/h3-9,11,24H,1-2,10H2,(H,25,26). The number of aromatic amines is 1. The lowest BCUT2D eigenvalue weighted by atomic mass is 10.0. The number of carbonyl (C=O) groups is 1. The van der Waals surface area contributed by atoms with E-state index in [2.05, 4.69) is 9.72 Å². The van der Waals surface area contributed by atoms with Crippen molar-refractivity contribution < 1.29 is 32.5 Å². The molecule has 8 heteroatoms. The minimum absolute atomic E-state index is 0.0502. The number of rotatable bonds is 6. The summed E-state index contributed by atoms with van der Waals surface area (Å²) < 4.78 is 46.9. The summed E-state index contributed by atoms with van der Waals surface area (Å²) in [4.78, 5) is 14.0. The fourth-order valence-corrected chi connectivity index (χ4v) is 2.95. The zero-order valence-corrected chi connectivity index (χ0v) is 14.5. The van der Waals surface area contributed by atoms with Gasteiger partial charge in [0.1, 0.15) is 17.2 Å². The number of nitrogens with one attached hydrogen (secondary N) is 1. The van der Waals surface area contributed by atoms with Crippen molar-refractivity contribution in [2.45, 2.75) is 19.2 Å². The number of hydrogen-bond donors (Lipinski definition) is 2. The molecule has 0 atom stereocenters. The molecule has 0 unspecified atom stereocenters. The molecule has 2 N–H and O–H groups in total. The molecular formula is C20H16F3NO4. The molecule has 1 saturated carbocycles. The van der Waals surface area contributed by atoms with Crippen molar-refractivity contribution in [3.05, 3.63) is 48.2 Å². The zero-order valence-electron chi connectivity index (χ0n) is 14.5. The zero-order chi connectivity index (χ0) is 19.9. The van der Waals surface area contributed by atoms with Crippen molar-refractivity contribution in [1.29, 1.82) is 0 Å². The van der Waals surface area contributed by atoms with Gasteiger partial charge in [-0.3, -0.25) is 0 Å². The average Bonchev–Trinajstić information content (AvgIpc) is 3.35. The number of aromatic carboxylic acids is 1. The van der Waals surface area contributed by atoms with Crippen molar-refractivity contribution in [1.82, 2.24) is 4.98 Å². The van der Waals surface area contributed by atoms with Crippen LogP contribution in [-0.4, -0.2) is 29.0 Å². The summed E-state index contributed by atoms with van der Waals surface area (Å²) in [5.74, 6) is -0.329. The molecule has 0 saturated heterocycles. The van der Waals surface area contributed by atoms with E-state index >= 15 is 0 Å². The molecule has 1 aliphatic carbocycles. The number of carboxylic acid groups (broad SMARTS) is 1. The maximum atomic E-state index is 12.4. The summed E-state index contributed by atoms with van der Waals surface area (Å²) in [6, 6.07) is 10.5. The molecule has 1 aliphatic rings. The first-order chi connectivity index (χ1) is 13.3. The normalized spacial score (nSPS) is 14.2. The van der Waals surface area contributed by atoms with Gasteiger partial charge in [0.15, 0.2) is 0 Å². The van der Waals surface area contributed by atoms with Crippen LogP contribution < -0.4 is 9.47 Å². The van der Waals surface area contributed by atoms with Gasteiger partial charge in [0.25, 0.3) is 0 Å². The van der Waals surface area contributed by atoms with Crippen molar-refractivity contribution in [3.63, 3.8) is 0 Å². The molecule has 1 fully saturated rings. The van der Waals surface area contributed by atoms with E-state index in [4.69, 9.17) is 4.74 Å². The summed E-state index contributed by atoms with van der Waals surface area (Å²) in [6.45, 7) is 0.546. The van der Waals surface area contributed by atoms with Crippen LogP contribution in [0.15, 0.2) is 42.5 Å². The van der Waals surface area contributed by atoms with E-state index in [1.54, 1.807) is 12.1 Å². The minimum Gasteiger partial charge on any atom is -0.493 e. The molecule has 0 aliphatic heterocycles. The Morgan fingerprint density at radius 1 is 1.14 bits per heavy atom. The van der Waals surface area contributed by atoms with Crippen LogP contribution in [0.3, 0.4) is 0 Å². The van der Waals surface area contributed by atoms with Crippen molar-refractivity contribution in [2.75, 3.05) is 6.61 Å². The molecule has 4 rings (SSSR count). The molecule has 5 nitrogen and oxygen atoms in total. The van der Waals surface area contributed by atoms with Crippen LogP contribution in [0.5, 0.6) is 11.5 Å². The van der Waals surface area contributed by atoms with Crippen LogP contribution in [0, 0.1) is 5.92 Å². The number of H-pyrrole nitrogens is 1. The molecule has 0 amide bonds. The van der Waals surface area contributed by atoms with Gasteiger partial charge in [-0.25, -0.2) is 4.79 Å². The number of carboxylic acids is 1. The highest BCUT2D eigenvalue weighted by molar-refractivity contribution is 5.96. The van der Waals surface area contributed by atoms with Crippen molar-refractivity contribution in [3.8, 4) is 22.6 Å². The maximum Gasteiger partial charge on any atom is 0.573 e. The molecule has 0 spiro atoms. The predicted octanol–water partition coefficient (Wildman–Crippen LogP) is 5.22. The first kappa shape index (κ1) is 18.2. The fourth-order valence-electron chi connectivity index (χ4n) is 2.95. The SMILES string of the molecule is O=C(O)c1cc2cc(OCC3CC3)c(-c3ccc(OC(F)(F)F)cc3)cc2[nH]1.